The lowest BCUT2D eigenvalue weighted by atomic mass is 10.0. The van der Waals surface area contributed by atoms with E-state index < -0.39 is 5.97 Å². The summed E-state index contributed by atoms with van der Waals surface area (Å²) in [4.78, 5) is 12.8. The van der Waals surface area contributed by atoms with Gasteiger partial charge >= 0.3 is 5.97 Å². The van der Waals surface area contributed by atoms with Gasteiger partial charge in [0.05, 0.1) is 0 Å². The monoisotopic (exact) mass is 281 g/mol. The molecule has 1 rings (SSSR count). The lowest BCUT2D eigenvalue weighted by Crippen LogP contribution is -2.33. The Morgan fingerprint density at radius 1 is 1.37 bits per heavy atom. The van der Waals surface area contributed by atoms with Gasteiger partial charge < -0.3 is 10.0 Å². The highest BCUT2D eigenvalue weighted by Crippen LogP contribution is 2.28. The van der Waals surface area contributed by atoms with Crippen LogP contribution in [0.25, 0.3) is 6.08 Å². The zero-order valence-corrected chi connectivity index (χ0v) is 12.5. The molecule has 1 unspecified atom stereocenters. The molecule has 1 aromatic carbocycles. The van der Waals surface area contributed by atoms with Crippen LogP contribution in [0.2, 0.25) is 5.02 Å². The summed E-state index contributed by atoms with van der Waals surface area (Å²) in [5.74, 6) is -0.472. The van der Waals surface area contributed by atoms with Gasteiger partial charge in [-0.05, 0) is 36.6 Å². The maximum Gasteiger partial charge on any atom is 0.328 e. The summed E-state index contributed by atoms with van der Waals surface area (Å²) in [6, 6.07) is 5.79. The number of anilines is 1. The molecule has 0 saturated heterocycles. The van der Waals surface area contributed by atoms with Gasteiger partial charge in [0.2, 0.25) is 0 Å². The largest absolute Gasteiger partial charge is 0.478 e. The van der Waals surface area contributed by atoms with Crippen LogP contribution in [0.1, 0.15) is 26.3 Å². The van der Waals surface area contributed by atoms with Crippen LogP contribution in [0.3, 0.4) is 0 Å². The fraction of sp³-hybridized carbons (Fsp3) is 0.400. The smallest absolute Gasteiger partial charge is 0.328 e. The van der Waals surface area contributed by atoms with E-state index in [0.29, 0.717) is 17.0 Å². The molecular weight excluding hydrogens is 262 g/mol. The van der Waals surface area contributed by atoms with Crippen LogP contribution in [0.4, 0.5) is 5.69 Å². The molecule has 0 fully saturated rings. The highest BCUT2D eigenvalue weighted by molar-refractivity contribution is 6.31. The van der Waals surface area contributed by atoms with Crippen molar-refractivity contribution in [3.8, 4) is 0 Å². The van der Waals surface area contributed by atoms with Crippen LogP contribution >= 0.6 is 11.6 Å². The van der Waals surface area contributed by atoms with E-state index >= 15 is 0 Å². The number of hydrogen-bond donors (Lipinski definition) is 1. The van der Waals surface area contributed by atoms with Gasteiger partial charge in [0.25, 0.3) is 0 Å². The fourth-order valence-corrected chi connectivity index (χ4v) is 1.96. The van der Waals surface area contributed by atoms with Crippen LogP contribution in [-0.4, -0.2) is 24.2 Å². The number of halogens is 1. The summed E-state index contributed by atoms with van der Waals surface area (Å²) >= 11 is 6.04. The number of rotatable bonds is 5. The molecule has 19 heavy (non-hydrogen) atoms. The Hall–Kier alpha value is -1.48. The van der Waals surface area contributed by atoms with Gasteiger partial charge in [-0.2, -0.15) is 0 Å². The third kappa shape index (κ3) is 4.28. The first kappa shape index (κ1) is 15.6. The lowest BCUT2D eigenvalue weighted by molar-refractivity contribution is -0.131. The van der Waals surface area contributed by atoms with Gasteiger partial charge in [-0.15, -0.1) is 0 Å². The second-order valence-electron chi connectivity index (χ2n) is 4.97. The topological polar surface area (TPSA) is 40.5 Å². The van der Waals surface area contributed by atoms with Crippen molar-refractivity contribution in [3.63, 3.8) is 0 Å². The van der Waals surface area contributed by atoms with E-state index in [1.54, 1.807) is 12.1 Å². The second kappa shape index (κ2) is 6.62. The first-order valence-corrected chi connectivity index (χ1v) is 6.64. The molecule has 0 aromatic heterocycles. The second-order valence-corrected chi connectivity index (χ2v) is 5.41. The van der Waals surface area contributed by atoms with Gasteiger partial charge in [-0.1, -0.05) is 31.5 Å². The minimum atomic E-state index is -0.958. The van der Waals surface area contributed by atoms with E-state index in [0.717, 1.165) is 17.3 Å². The predicted molar refractivity (Wildman–Crippen MR) is 80.8 cm³/mol. The number of carboxylic acids is 1. The van der Waals surface area contributed by atoms with E-state index in [1.165, 1.54) is 0 Å². The Morgan fingerprint density at radius 3 is 2.53 bits per heavy atom. The normalized spacial score (nSPS) is 12.9. The van der Waals surface area contributed by atoms with Crippen molar-refractivity contribution in [2.24, 2.45) is 5.92 Å². The number of carbonyl (C=O) groups is 1. The van der Waals surface area contributed by atoms with Gasteiger partial charge in [-0.25, -0.2) is 4.79 Å². The molecule has 0 aliphatic carbocycles. The Bertz CT molecular complexity index is 483. The molecule has 3 nitrogen and oxygen atoms in total. The number of benzene rings is 1. The van der Waals surface area contributed by atoms with Crippen LogP contribution in [0.5, 0.6) is 0 Å². The summed E-state index contributed by atoms with van der Waals surface area (Å²) in [7, 11) is 1.99. The Morgan fingerprint density at radius 2 is 2.00 bits per heavy atom. The zero-order chi connectivity index (χ0) is 14.6. The molecule has 0 radical (unpaired) electrons. The molecular formula is C15H20ClNO2. The standard InChI is InChI=1S/C15H20ClNO2/c1-10(2)11(3)17(4)14-9-13(16)7-5-12(14)6-8-15(18)19/h5-11H,1-4H3,(H,18,19)/b8-6+. The summed E-state index contributed by atoms with van der Waals surface area (Å²) in [6.45, 7) is 6.44. The minimum absolute atomic E-state index is 0.329. The average Bonchev–Trinajstić information content (AvgIpc) is 2.35. The fourth-order valence-electron chi connectivity index (χ4n) is 1.79. The molecule has 1 N–H and O–H groups in total. The maximum atomic E-state index is 10.6. The predicted octanol–water partition coefficient (Wildman–Crippen LogP) is 3.92. The number of nitrogens with zero attached hydrogens (tertiary/aromatic N) is 1. The Balaban J connectivity index is 3.16. The van der Waals surface area contributed by atoms with E-state index in [2.05, 4.69) is 25.7 Å². The lowest BCUT2D eigenvalue weighted by Gasteiger charge is -2.31. The number of hydrogen-bond acceptors (Lipinski definition) is 2. The maximum absolute atomic E-state index is 10.6. The Labute approximate surface area is 119 Å². The summed E-state index contributed by atoms with van der Waals surface area (Å²) < 4.78 is 0. The van der Waals surface area contributed by atoms with Crippen molar-refractivity contribution in [2.45, 2.75) is 26.8 Å². The van der Waals surface area contributed by atoms with E-state index in [4.69, 9.17) is 16.7 Å². The van der Waals surface area contributed by atoms with Crippen molar-refractivity contribution in [2.75, 3.05) is 11.9 Å². The molecule has 104 valence electrons. The molecule has 0 bridgehead atoms. The van der Waals surface area contributed by atoms with Crippen molar-refractivity contribution >= 4 is 29.3 Å². The first-order valence-electron chi connectivity index (χ1n) is 6.26. The average molecular weight is 282 g/mol. The molecule has 0 aliphatic heterocycles. The third-order valence-electron chi connectivity index (χ3n) is 3.35. The van der Waals surface area contributed by atoms with E-state index in [1.807, 2.05) is 19.2 Å². The van der Waals surface area contributed by atoms with Crippen molar-refractivity contribution in [1.29, 1.82) is 0 Å². The molecule has 0 amide bonds. The molecule has 0 aliphatic rings. The van der Waals surface area contributed by atoms with Crippen LogP contribution < -0.4 is 4.90 Å². The van der Waals surface area contributed by atoms with Gasteiger partial charge in [0.15, 0.2) is 0 Å². The van der Waals surface area contributed by atoms with Crippen molar-refractivity contribution < 1.29 is 9.90 Å². The van der Waals surface area contributed by atoms with Gasteiger partial charge in [0.1, 0.15) is 0 Å². The number of aliphatic carboxylic acids is 1. The number of carboxylic acid groups (broad SMARTS) is 1. The SMILES string of the molecule is CC(C)C(C)N(C)c1cc(Cl)ccc1/C=C/C(=O)O. The van der Waals surface area contributed by atoms with Gasteiger partial charge in [-0.3, -0.25) is 0 Å². The van der Waals surface area contributed by atoms with Crippen molar-refractivity contribution in [3.05, 3.63) is 34.9 Å². The highest BCUT2D eigenvalue weighted by Gasteiger charge is 2.16. The molecule has 0 spiro atoms. The molecule has 0 saturated carbocycles. The summed E-state index contributed by atoms with van der Waals surface area (Å²) in [5, 5.41) is 9.37. The molecule has 4 heteroatoms. The van der Waals surface area contributed by atoms with E-state index in [-0.39, 0.29) is 0 Å². The van der Waals surface area contributed by atoms with Crippen LogP contribution in [-0.2, 0) is 4.79 Å². The quantitative estimate of drug-likeness (QED) is 0.832. The first-order chi connectivity index (χ1) is 8.82. The highest BCUT2D eigenvalue weighted by atomic mass is 35.5. The van der Waals surface area contributed by atoms with Crippen LogP contribution in [0.15, 0.2) is 24.3 Å². The Kier molecular flexibility index (Phi) is 5.43. The molecule has 0 heterocycles. The summed E-state index contributed by atoms with van der Waals surface area (Å²) in [5.41, 5.74) is 1.79. The van der Waals surface area contributed by atoms with E-state index in [9.17, 15) is 4.79 Å². The van der Waals surface area contributed by atoms with Crippen LogP contribution in [0, 0.1) is 5.92 Å². The summed E-state index contributed by atoms with van der Waals surface area (Å²) in [6.07, 6.45) is 2.73. The molecule has 1 atom stereocenters. The third-order valence-corrected chi connectivity index (χ3v) is 3.59. The van der Waals surface area contributed by atoms with Crippen molar-refractivity contribution in [1.82, 2.24) is 0 Å². The zero-order valence-electron chi connectivity index (χ0n) is 11.7. The minimum Gasteiger partial charge on any atom is -0.478 e. The van der Waals surface area contributed by atoms with Gasteiger partial charge in [0, 0.05) is 29.9 Å². The molecule has 1 aromatic rings.